The second-order valence-electron chi connectivity index (χ2n) is 7.37. The minimum absolute atomic E-state index is 0.0453. The Kier molecular flexibility index (Phi) is 5.71. The number of rotatable bonds is 5. The van der Waals surface area contributed by atoms with E-state index in [1.54, 1.807) is 24.5 Å². The summed E-state index contributed by atoms with van der Waals surface area (Å²) in [5, 5.41) is 9.15. The fourth-order valence-electron chi connectivity index (χ4n) is 3.17. The average Bonchev–Trinajstić information content (AvgIpc) is 2.68. The highest BCUT2D eigenvalue weighted by atomic mass is 32.2. The molecule has 3 N–H and O–H groups in total. The average molecular weight is 413 g/mol. The maximum absolute atomic E-state index is 13.5. The monoisotopic (exact) mass is 412 g/mol. The number of nitrogens with zero attached hydrogens (tertiary/aromatic N) is 2. The lowest BCUT2D eigenvalue weighted by molar-refractivity contribution is 0.628. The number of pyridine rings is 1. The number of anilines is 1. The molecule has 0 fully saturated rings. The molecule has 29 heavy (non-hydrogen) atoms. The molecule has 5 nitrogen and oxygen atoms in total. The van der Waals surface area contributed by atoms with Gasteiger partial charge in [0.05, 0.1) is 15.4 Å². The highest BCUT2D eigenvalue weighted by molar-refractivity contribution is 7.93. The van der Waals surface area contributed by atoms with Crippen molar-refractivity contribution >= 4 is 38.2 Å². The van der Waals surface area contributed by atoms with Crippen molar-refractivity contribution in [1.29, 1.82) is 5.41 Å². The Bertz CT molecular complexity index is 1210. The Balaban J connectivity index is 2.54. The molecule has 7 heteroatoms. The Morgan fingerprint density at radius 3 is 2.45 bits per heavy atom. The van der Waals surface area contributed by atoms with E-state index in [0.29, 0.717) is 28.2 Å². The van der Waals surface area contributed by atoms with E-state index in [1.807, 2.05) is 26.8 Å². The number of nitrogens with one attached hydrogen (secondary N) is 1. The molecule has 0 aliphatic heterocycles. The van der Waals surface area contributed by atoms with Crippen molar-refractivity contribution in [3.63, 3.8) is 0 Å². The van der Waals surface area contributed by atoms with Crippen LogP contribution in [-0.4, -0.2) is 27.4 Å². The van der Waals surface area contributed by atoms with Gasteiger partial charge in [-0.1, -0.05) is 32.9 Å². The van der Waals surface area contributed by atoms with Crippen LogP contribution in [0.25, 0.3) is 21.9 Å². The summed E-state index contributed by atoms with van der Waals surface area (Å²) in [6, 6.07) is 9.80. The third kappa shape index (κ3) is 4.15. The summed E-state index contributed by atoms with van der Waals surface area (Å²) in [5.41, 5.74) is 9.55. The molecule has 2 aromatic carbocycles. The predicted molar refractivity (Wildman–Crippen MR) is 120 cm³/mol. The lowest BCUT2D eigenvalue weighted by Crippen LogP contribution is -2.03. The van der Waals surface area contributed by atoms with Gasteiger partial charge in [-0.15, -0.1) is 0 Å². The maximum atomic E-state index is 13.5. The molecule has 152 valence electrons. The highest BCUT2D eigenvalue weighted by Crippen LogP contribution is 2.40. The zero-order valence-electron chi connectivity index (χ0n) is 17.0. The first-order chi connectivity index (χ1) is 13.7. The van der Waals surface area contributed by atoms with E-state index in [4.69, 9.17) is 16.1 Å². The van der Waals surface area contributed by atoms with E-state index in [0.717, 1.165) is 22.2 Å². The molecular formula is C22H25FN4OS. The van der Waals surface area contributed by atoms with Crippen molar-refractivity contribution < 1.29 is 8.60 Å². The van der Waals surface area contributed by atoms with E-state index >= 15 is 0 Å². The van der Waals surface area contributed by atoms with Crippen LogP contribution in [0.3, 0.4) is 0 Å². The summed E-state index contributed by atoms with van der Waals surface area (Å²) >= 11 is 0. The van der Waals surface area contributed by atoms with Gasteiger partial charge >= 0.3 is 0 Å². The molecule has 0 aliphatic carbocycles. The van der Waals surface area contributed by atoms with Gasteiger partial charge in [0, 0.05) is 40.4 Å². The Labute approximate surface area is 170 Å². The van der Waals surface area contributed by atoms with Crippen LogP contribution in [0, 0.1) is 11.2 Å². The van der Waals surface area contributed by atoms with Crippen LogP contribution >= 0.6 is 0 Å². The van der Waals surface area contributed by atoms with Gasteiger partial charge in [0.2, 0.25) is 0 Å². The Hall–Kier alpha value is -2.80. The third-order valence-corrected chi connectivity index (χ3v) is 6.50. The summed E-state index contributed by atoms with van der Waals surface area (Å²) < 4.78 is 30.7. The number of fused-ring (bicyclic) bond motifs is 1. The first kappa shape index (κ1) is 20.9. The fourth-order valence-corrected chi connectivity index (χ4v) is 3.81. The van der Waals surface area contributed by atoms with E-state index in [2.05, 4.69) is 4.36 Å². The zero-order valence-corrected chi connectivity index (χ0v) is 17.8. The Morgan fingerprint density at radius 1 is 1.24 bits per heavy atom. The number of hydrogen-bond donors (Lipinski definition) is 2. The molecule has 3 aromatic rings. The number of hydrogen-bond acceptors (Lipinski definition) is 5. The van der Waals surface area contributed by atoms with Gasteiger partial charge in [0.25, 0.3) is 0 Å². The molecule has 0 saturated heterocycles. The van der Waals surface area contributed by atoms with Crippen LogP contribution in [0.1, 0.15) is 37.9 Å². The first-order valence-electron chi connectivity index (χ1n) is 9.40. The van der Waals surface area contributed by atoms with Crippen molar-refractivity contribution in [1.82, 2.24) is 4.98 Å². The fraction of sp³-hybridized carbons (Fsp3) is 0.273. The molecule has 1 aromatic heterocycles. The van der Waals surface area contributed by atoms with Gasteiger partial charge in [-0.05, 0) is 41.1 Å². The van der Waals surface area contributed by atoms with Crippen LogP contribution in [0.2, 0.25) is 0 Å². The second kappa shape index (κ2) is 7.91. The quantitative estimate of drug-likeness (QED) is 0.428. The zero-order chi connectivity index (χ0) is 21.3. The molecule has 1 unspecified atom stereocenters. The lowest BCUT2D eigenvalue weighted by Gasteiger charge is -2.18. The molecule has 3 rings (SSSR count). The minimum Gasteiger partial charge on any atom is -0.398 e. The molecule has 0 spiro atoms. The van der Waals surface area contributed by atoms with Crippen LogP contribution in [0.15, 0.2) is 40.8 Å². The number of aromatic nitrogens is 1. The van der Waals surface area contributed by atoms with Gasteiger partial charge in [0.1, 0.15) is 5.82 Å². The summed E-state index contributed by atoms with van der Waals surface area (Å²) in [4.78, 5) is 4.78. The predicted octanol–water partition coefficient (Wildman–Crippen LogP) is 5.49. The SMILES string of the molecule is CCS(C)(=O)=Nc1nc(C(C)C)c(-c2ccc(F)cc2)c2cc(C=N)c(N)cc12. The number of nitrogen functional groups attached to an aromatic ring is 1. The second-order valence-corrected chi connectivity index (χ2v) is 10.0. The number of halogens is 1. The first-order valence-corrected chi connectivity index (χ1v) is 11.5. The van der Waals surface area contributed by atoms with Gasteiger partial charge in [-0.2, -0.15) is 4.36 Å². The van der Waals surface area contributed by atoms with Gasteiger partial charge in [-0.25, -0.2) is 13.6 Å². The van der Waals surface area contributed by atoms with E-state index in [-0.39, 0.29) is 11.7 Å². The molecule has 0 bridgehead atoms. The molecular weight excluding hydrogens is 387 g/mol. The Morgan fingerprint density at radius 2 is 1.90 bits per heavy atom. The lowest BCUT2D eigenvalue weighted by atomic mass is 9.91. The summed E-state index contributed by atoms with van der Waals surface area (Å²) in [6.45, 7) is 5.86. The van der Waals surface area contributed by atoms with Crippen molar-refractivity contribution in [2.24, 2.45) is 4.36 Å². The molecule has 0 aliphatic rings. The standard InChI is InChI=1S/C22H25FN4OS/c1-5-29(4,28)27-22-18-11-19(25)15(12-24)10-17(18)20(21(26-22)13(2)3)14-6-8-16(23)9-7-14/h6-13,24H,5,25H2,1-4H3. The van der Waals surface area contributed by atoms with E-state index in [9.17, 15) is 8.60 Å². The molecule has 0 radical (unpaired) electrons. The van der Waals surface area contributed by atoms with Crippen molar-refractivity contribution in [3.8, 4) is 11.1 Å². The van der Waals surface area contributed by atoms with Gasteiger partial charge in [0.15, 0.2) is 5.82 Å². The van der Waals surface area contributed by atoms with Crippen LogP contribution < -0.4 is 5.73 Å². The molecule has 0 saturated carbocycles. The van der Waals surface area contributed by atoms with Crippen molar-refractivity contribution in [2.45, 2.75) is 26.7 Å². The topological polar surface area (TPSA) is 92.2 Å². The van der Waals surface area contributed by atoms with Crippen LogP contribution in [0.5, 0.6) is 0 Å². The largest absolute Gasteiger partial charge is 0.398 e. The van der Waals surface area contributed by atoms with Crippen LogP contribution in [0.4, 0.5) is 15.9 Å². The van der Waals surface area contributed by atoms with E-state index < -0.39 is 9.73 Å². The number of benzene rings is 2. The normalized spacial score (nSPS) is 13.4. The van der Waals surface area contributed by atoms with Gasteiger partial charge < -0.3 is 11.1 Å². The van der Waals surface area contributed by atoms with Crippen molar-refractivity contribution in [3.05, 3.63) is 53.5 Å². The van der Waals surface area contributed by atoms with Crippen LogP contribution in [-0.2, 0) is 9.73 Å². The summed E-state index contributed by atoms with van der Waals surface area (Å²) in [6.07, 6.45) is 2.81. The van der Waals surface area contributed by atoms with Crippen molar-refractivity contribution in [2.75, 3.05) is 17.7 Å². The molecule has 1 atom stereocenters. The smallest absolute Gasteiger partial charge is 0.169 e. The summed E-state index contributed by atoms with van der Waals surface area (Å²) in [5.74, 6) is 0.513. The van der Waals surface area contributed by atoms with Gasteiger partial charge in [-0.3, -0.25) is 0 Å². The highest BCUT2D eigenvalue weighted by Gasteiger charge is 2.20. The summed E-state index contributed by atoms with van der Waals surface area (Å²) in [7, 11) is -2.44. The number of nitrogens with two attached hydrogens (primary N) is 1. The maximum Gasteiger partial charge on any atom is 0.169 e. The third-order valence-electron chi connectivity index (χ3n) is 4.87. The van der Waals surface area contributed by atoms with E-state index in [1.165, 1.54) is 18.3 Å². The molecule has 1 heterocycles. The molecule has 0 amide bonds. The minimum atomic E-state index is -2.44.